The van der Waals surface area contributed by atoms with Gasteiger partial charge in [0.1, 0.15) is 0 Å². The maximum absolute atomic E-state index is 3.50. The van der Waals surface area contributed by atoms with Gasteiger partial charge >= 0.3 is 0 Å². The van der Waals surface area contributed by atoms with Gasteiger partial charge in [0.2, 0.25) is 0 Å². The van der Waals surface area contributed by atoms with Gasteiger partial charge in [-0.2, -0.15) is 0 Å². The maximum atomic E-state index is 3.50. The van der Waals surface area contributed by atoms with Crippen molar-refractivity contribution < 1.29 is 0 Å². The third-order valence-corrected chi connectivity index (χ3v) is 5.36. The Bertz CT molecular complexity index is 452. The molecule has 0 unspecified atom stereocenters. The van der Waals surface area contributed by atoms with Crippen molar-refractivity contribution in [3.05, 3.63) is 34.9 Å². The standard InChI is InChI=1S/C18H28N2.2ClH/c1-14-6-5-9-17(15(14)2)18(16-7-3-4-8-16)20-12-10-19-11-13-20;;/h5-6,9,16,18-19H,3-4,7-8,10-13H2,1-2H3;2*1H/t18-;;/m1../s1. The molecule has 1 N–H and O–H groups in total. The molecule has 0 aromatic heterocycles. The first-order valence-corrected chi connectivity index (χ1v) is 8.28. The molecule has 1 aliphatic carbocycles. The summed E-state index contributed by atoms with van der Waals surface area (Å²) in [4.78, 5) is 2.74. The van der Waals surface area contributed by atoms with E-state index in [0.717, 1.165) is 19.0 Å². The van der Waals surface area contributed by atoms with Gasteiger partial charge < -0.3 is 5.32 Å². The SMILES string of the molecule is Cc1cccc([C@@H](C2CCCC2)N2CCNCC2)c1C.Cl.Cl. The molecular weight excluding hydrogens is 315 g/mol. The Morgan fingerprint density at radius 2 is 1.68 bits per heavy atom. The van der Waals surface area contributed by atoms with Crippen molar-refractivity contribution in [1.29, 1.82) is 0 Å². The van der Waals surface area contributed by atoms with Crippen LogP contribution in [0.2, 0.25) is 0 Å². The molecule has 126 valence electrons. The first-order valence-electron chi connectivity index (χ1n) is 8.28. The first-order chi connectivity index (χ1) is 9.77. The number of hydrogen-bond acceptors (Lipinski definition) is 2. The lowest BCUT2D eigenvalue weighted by atomic mass is 9.86. The predicted molar refractivity (Wildman–Crippen MR) is 99.6 cm³/mol. The smallest absolute Gasteiger partial charge is 0.0380 e. The molecule has 3 rings (SSSR count). The summed E-state index contributed by atoms with van der Waals surface area (Å²) in [6, 6.07) is 7.54. The highest BCUT2D eigenvalue weighted by Crippen LogP contribution is 2.41. The van der Waals surface area contributed by atoms with Gasteiger partial charge in [-0.25, -0.2) is 0 Å². The van der Waals surface area contributed by atoms with Gasteiger partial charge in [-0.3, -0.25) is 4.90 Å². The summed E-state index contributed by atoms with van der Waals surface area (Å²) < 4.78 is 0. The molecule has 0 radical (unpaired) electrons. The second kappa shape index (κ2) is 9.12. The minimum absolute atomic E-state index is 0. The minimum Gasteiger partial charge on any atom is -0.314 e. The number of nitrogens with one attached hydrogen (secondary N) is 1. The Balaban J connectivity index is 0.00000121. The number of benzene rings is 1. The van der Waals surface area contributed by atoms with Crippen LogP contribution < -0.4 is 5.32 Å². The maximum Gasteiger partial charge on any atom is 0.0380 e. The van der Waals surface area contributed by atoms with Gasteiger partial charge in [0.25, 0.3) is 0 Å². The van der Waals surface area contributed by atoms with Crippen molar-refractivity contribution in [3.63, 3.8) is 0 Å². The van der Waals surface area contributed by atoms with Crippen molar-refractivity contribution in [3.8, 4) is 0 Å². The van der Waals surface area contributed by atoms with Crippen molar-refractivity contribution in [1.82, 2.24) is 10.2 Å². The fourth-order valence-electron chi connectivity index (χ4n) is 4.08. The van der Waals surface area contributed by atoms with Crippen LogP contribution >= 0.6 is 24.8 Å². The third kappa shape index (κ3) is 4.17. The van der Waals surface area contributed by atoms with E-state index in [1.807, 2.05) is 0 Å². The lowest BCUT2D eigenvalue weighted by Crippen LogP contribution is -2.46. The topological polar surface area (TPSA) is 15.3 Å². The van der Waals surface area contributed by atoms with Gasteiger partial charge in [0, 0.05) is 32.2 Å². The van der Waals surface area contributed by atoms with E-state index >= 15 is 0 Å². The second-order valence-electron chi connectivity index (χ2n) is 6.56. The molecule has 1 aliphatic heterocycles. The Morgan fingerprint density at radius 1 is 1.05 bits per heavy atom. The van der Waals surface area contributed by atoms with E-state index in [1.54, 1.807) is 5.56 Å². The van der Waals surface area contributed by atoms with Crippen LogP contribution in [0.15, 0.2) is 18.2 Å². The minimum atomic E-state index is 0. The van der Waals surface area contributed by atoms with Crippen molar-refractivity contribution in [2.75, 3.05) is 26.2 Å². The van der Waals surface area contributed by atoms with E-state index in [4.69, 9.17) is 0 Å². The number of piperazine rings is 1. The fourth-order valence-corrected chi connectivity index (χ4v) is 4.08. The van der Waals surface area contributed by atoms with Crippen LogP contribution in [-0.4, -0.2) is 31.1 Å². The number of rotatable bonds is 3. The van der Waals surface area contributed by atoms with E-state index in [1.165, 1.54) is 49.9 Å². The quantitative estimate of drug-likeness (QED) is 0.879. The molecule has 2 fully saturated rings. The molecule has 0 amide bonds. The molecule has 0 bridgehead atoms. The number of nitrogens with zero attached hydrogens (tertiary/aromatic N) is 1. The van der Waals surface area contributed by atoms with Gasteiger partial charge in [0.05, 0.1) is 0 Å². The highest BCUT2D eigenvalue weighted by atomic mass is 35.5. The van der Waals surface area contributed by atoms with Crippen LogP contribution in [-0.2, 0) is 0 Å². The van der Waals surface area contributed by atoms with Crippen LogP contribution in [0.4, 0.5) is 0 Å². The van der Waals surface area contributed by atoms with Crippen molar-refractivity contribution >= 4 is 24.8 Å². The lowest BCUT2D eigenvalue weighted by Gasteiger charge is -2.39. The van der Waals surface area contributed by atoms with Crippen LogP contribution in [0, 0.1) is 19.8 Å². The van der Waals surface area contributed by atoms with Crippen LogP contribution in [0.1, 0.15) is 48.4 Å². The summed E-state index contributed by atoms with van der Waals surface area (Å²) >= 11 is 0. The molecule has 2 aliphatic rings. The summed E-state index contributed by atoms with van der Waals surface area (Å²) in [6.45, 7) is 9.27. The zero-order valence-electron chi connectivity index (χ0n) is 13.8. The number of halogens is 2. The Labute approximate surface area is 147 Å². The summed E-state index contributed by atoms with van der Waals surface area (Å²) in [5.74, 6) is 0.869. The predicted octanol–water partition coefficient (Wildman–Crippen LogP) is 4.28. The molecule has 22 heavy (non-hydrogen) atoms. The normalized spacial score (nSPS) is 21.0. The molecular formula is C18H30Cl2N2. The van der Waals surface area contributed by atoms with E-state index < -0.39 is 0 Å². The van der Waals surface area contributed by atoms with Gasteiger partial charge in [-0.05, 0) is 49.3 Å². The Hall–Kier alpha value is -0.280. The molecule has 1 heterocycles. The average molecular weight is 345 g/mol. The zero-order valence-corrected chi connectivity index (χ0v) is 15.4. The van der Waals surface area contributed by atoms with Crippen LogP contribution in [0.3, 0.4) is 0 Å². The molecule has 1 aromatic carbocycles. The monoisotopic (exact) mass is 344 g/mol. The molecule has 2 nitrogen and oxygen atoms in total. The van der Waals surface area contributed by atoms with E-state index in [2.05, 4.69) is 42.3 Å². The highest BCUT2D eigenvalue weighted by molar-refractivity contribution is 5.85. The molecule has 4 heteroatoms. The van der Waals surface area contributed by atoms with Crippen LogP contribution in [0.5, 0.6) is 0 Å². The van der Waals surface area contributed by atoms with E-state index in [-0.39, 0.29) is 24.8 Å². The molecule has 1 saturated heterocycles. The van der Waals surface area contributed by atoms with Crippen LogP contribution in [0.25, 0.3) is 0 Å². The Kier molecular flexibility index (Phi) is 8.20. The summed E-state index contributed by atoms with van der Waals surface area (Å²) in [7, 11) is 0. The van der Waals surface area contributed by atoms with Gasteiger partial charge in [-0.15, -0.1) is 24.8 Å². The van der Waals surface area contributed by atoms with Gasteiger partial charge in [0.15, 0.2) is 0 Å². The fraction of sp³-hybridized carbons (Fsp3) is 0.667. The first kappa shape index (κ1) is 19.8. The average Bonchev–Trinajstić information content (AvgIpc) is 2.99. The molecule has 1 aromatic rings. The summed E-state index contributed by atoms with van der Waals surface area (Å²) in [5, 5.41) is 3.50. The lowest BCUT2D eigenvalue weighted by molar-refractivity contribution is 0.125. The molecule has 0 spiro atoms. The molecule has 1 saturated carbocycles. The number of hydrogen-bond donors (Lipinski definition) is 1. The van der Waals surface area contributed by atoms with Crippen molar-refractivity contribution in [2.45, 2.75) is 45.6 Å². The van der Waals surface area contributed by atoms with Gasteiger partial charge in [-0.1, -0.05) is 31.0 Å². The number of aryl methyl sites for hydroxylation is 1. The third-order valence-electron chi connectivity index (χ3n) is 5.36. The van der Waals surface area contributed by atoms with E-state index in [9.17, 15) is 0 Å². The highest BCUT2D eigenvalue weighted by Gasteiger charge is 2.32. The zero-order chi connectivity index (χ0) is 13.9. The molecule has 1 atom stereocenters. The largest absolute Gasteiger partial charge is 0.314 e. The Morgan fingerprint density at radius 3 is 2.32 bits per heavy atom. The second-order valence-corrected chi connectivity index (χ2v) is 6.56. The van der Waals surface area contributed by atoms with E-state index in [0.29, 0.717) is 6.04 Å². The summed E-state index contributed by atoms with van der Waals surface area (Å²) in [6.07, 6.45) is 5.69. The summed E-state index contributed by atoms with van der Waals surface area (Å²) in [5.41, 5.74) is 4.56. The van der Waals surface area contributed by atoms with Crippen molar-refractivity contribution in [2.24, 2.45) is 5.92 Å².